The molecule has 1 N–H and O–H groups in total. The summed E-state index contributed by atoms with van der Waals surface area (Å²) >= 11 is 0. The minimum Gasteiger partial charge on any atom is -0.475 e. The maximum absolute atomic E-state index is 10.6. The monoisotopic (exact) mass is 456 g/mol. The van der Waals surface area contributed by atoms with Crippen LogP contribution in [0.1, 0.15) is 35.5 Å². The van der Waals surface area contributed by atoms with E-state index in [0.29, 0.717) is 12.6 Å². The van der Waals surface area contributed by atoms with Crippen molar-refractivity contribution in [2.24, 2.45) is 0 Å². The molecule has 2 fully saturated rings. The molecule has 3 atom stereocenters. The van der Waals surface area contributed by atoms with Crippen LogP contribution in [0.5, 0.6) is 0 Å². The van der Waals surface area contributed by atoms with E-state index in [2.05, 4.69) is 22.9 Å². The van der Waals surface area contributed by atoms with Crippen LogP contribution in [0.4, 0.5) is 13.2 Å². The predicted octanol–water partition coefficient (Wildman–Crippen LogP) is 3.87. The summed E-state index contributed by atoms with van der Waals surface area (Å²) in [6.45, 7) is 7.32. The summed E-state index contributed by atoms with van der Waals surface area (Å²) in [5.41, 5.74) is 2.39. The minimum absolute atomic E-state index is 0.160. The Bertz CT molecular complexity index is 868. The molecule has 4 rings (SSSR count). The molecule has 2 aromatic heterocycles. The summed E-state index contributed by atoms with van der Waals surface area (Å²) in [5.74, 6) is -0.686. The van der Waals surface area contributed by atoms with Crippen molar-refractivity contribution in [1.82, 2.24) is 9.88 Å². The number of furan rings is 1. The van der Waals surface area contributed by atoms with Crippen LogP contribution in [0.25, 0.3) is 0 Å². The lowest BCUT2D eigenvalue weighted by molar-refractivity contribution is -0.192. The van der Waals surface area contributed by atoms with Gasteiger partial charge in [-0.15, -0.1) is 0 Å². The van der Waals surface area contributed by atoms with Gasteiger partial charge in [0, 0.05) is 25.0 Å². The molecule has 0 amide bonds. The van der Waals surface area contributed by atoms with E-state index < -0.39 is 12.1 Å². The van der Waals surface area contributed by atoms with Crippen LogP contribution < -0.4 is 0 Å². The first kappa shape index (κ1) is 24.2. The van der Waals surface area contributed by atoms with Gasteiger partial charge in [-0.25, -0.2) is 4.79 Å². The number of aryl methyl sites for hydroxylation is 2. The highest BCUT2D eigenvalue weighted by molar-refractivity contribution is 5.73. The van der Waals surface area contributed by atoms with Gasteiger partial charge in [-0.3, -0.25) is 9.88 Å². The van der Waals surface area contributed by atoms with E-state index in [1.807, 2.05) is 31.5 Å². The lowest BCUT2D eigenvalue weighted by atomic mass is 10.1. The molecule has 1 saturated carbocycles. The number of pyridine rings is 1. The van der Waals surface area contributed by atoms with Crippen LogP contribution in [-0.2, 0) is 27.4 Å². The average molecular weight is 456 g/mol. The zero-order valence-corrected chi connectivity index (χ0v) is 18.0. The number of hydrogen-bond acceptors (Lipinski definition) is 6. The molecule has 32 heavy (non-hydrogen) atoms. The van der Waals surface area contributed by atoms with E-state index in [1.54, 1.807) is 0 Å². The zero-order chi connectivity index (χ0) is 23.3. The van der Waals surface area contributed by atoms with Crippen molar-refractivity contribution in [3.63, 3.8) is 0 Å². The first-order chi connectivity index (χ1) is 15.1. The molecule has 1 aliphatic carbocycles. The number of halogens is 3. The summed E-state index contributed by atoms with van der Waals surface area (Å²) in [6.07, 6.45) is 1.02. The van der Waals surface area contributed by atoms with Crippen LogP contribution in [0.3, 0.4) is 0 Å². The highest BCUT2D eigenvalue weighted by Gasteiger charge is 2.43. The van der Waals surface area contributed by atoms with E-state index in [4.69, 9.17) is 23.8 Å². The lowest BCUT2D eigenvalue weighted by Crippen LogP contribution is -2.51. The Hall–Kier alpha value is -2.43. The fourth-order valence-corrected chi connectivity index (χ4v) is 3.98. The first-order valence-corrected chi connectivity index (χ1v) is 10.4. The van der Waals surface area contributed by atoms with Gasteiger partial charge in [0.15, 0.2) is 0 Å². The molecule has 176 valence electrons. The maximum atomic E-state index is 10.6. The van der Waals surface area contributed by atoms with Gasteiger partial charge >= 0.3 is 12.1 Å². The Morgan fingerprint density at radius 1 is 1.28 bits per heavy atom. The number of carbonyl (C=O) groups is 1. The number of morpholine rings is 1. The lowest BCUT2D eigenvalue weighted by Gasteiger charge is -2.38. The Morgan fingerprint density at radius 2 is 1.97 bits per heavy atom. The largest absolute Gasteiger partial charge is 0.490 e. The number of nitrogens with zero attached hydrogens (tertiary/aromatic N) is 2. The van der Waals surface area contributed by atoms with Gasteiger partial charge in [-0.2, -0.15) is 13.2 Å². The number of rotatable bonds is 5. The molecule has 1 aliphatic heterocycles. The number of ether oxygens (including phenoxy) is 2. The zero-order valence-electron chi connectivity index (χ0n) is 18.0. The highest BCUT2D eigenvalue weighted by Crippen LogP contribution is 2.33. The molecule has 0 unspecified atom stereocenters. The van der Waals surface area contributed by atoms with Gasteiger partial charge in [0.2, 0.25) is 0 Å². The molecular weight excluding hydrogens is 429 g/mol. The van der Waals surface area contributed by atoms with Crippen molar-refractivity contribution >= 4 is 5.97 Å². The second-order valence-corrected chi connectivity index (χ2v) is 7.91. The molecule has 7 nitrogen and oxygen atoms in total. The van der Waals surface area contributed by atoms with Crippen molar-refractivity contribution < 1.29 is 37.0 Å². The van der Waals surface area contributed by atoms with E-state index >= 15 is 0 Å². The van der Waals surface area contributed by atoms with Crippen molar-refractivity contribution in [2.45, 2.75) is 64.3 Å². The average Bonchev–Trinajstić information content (AvgIpc) is 3.30. The number of carboxylic acid groups (broad SMARTS) is 1. The molecule has 1 saturated heterocycles. The van der Waals surface area contributed by atoms with Crippen LogP contribution in [-0.4, -0.2) is 58.5 Å². The second kappa shape index (κ2) is 10.5. The molecule has 3 heterocycles. The number of fused-ring (bicyclic) bond motifs is 1. The minimum atomic E-state index is -5.08. The van der Waals surface area contributed by atoms with Crippen molar-refractivity contribution in [2.75, 3.05) is 13.2 Å². The fourth-order valence-electron chi connectivity index (χ4n) is 3.98. The second-order valence-electron chi connectivity index (χ2n) is 7.91. The quantitative estimate of drug-likeness (QED) is 0.731. The summed E-state index contributed by atoms with van der Waals surface area (Å²) in [5, 5.41) is 7.12. The number of aliphatic carboxylic acids is 1. The molecule has 0 aromatic carbocycles. The van der Waals surface area contributed by atoms with Gasteiger partial charge in [-0.1, -0.05) is 0 Å². The summed E-state index contributed by atoms with van der Waals surface area (Å²) in [6, 6.07) is 6.58. The molecular formula is C22H27F3N2O5. The van der Waals surface area contributed by atoms with Gasteiger partial charge in [0.25, 0.3) is 0 Å². The van der Waals surface area contributed by atoms with E-state index in [1.165, 1.54) is 5.56 Å². The first-order valence-electron chi connectivity index (χ1n) is 10.4. The summed E-state index contributed by atoms with van der Waals surface area (Å²) < 4.78 is 49.9. The maximum Gasteiger partial charge on any atom is 0.490 e. The van der Waals surface area contributed by atoms with E-state index in [9.17, 15) is 13.2 Å². The van der Waals surface area contributed by atoms with Gasteiger partial charge < -0.3 is 19.0 Å². The third kappa shape index (κ3) is 6.30. The molecule has 0 radical (unpaired) electrons. The third-order valence-electron chi connectivity index (χ3n) is 5.68. The van der Waals surface area contributed by atoms with E-state index in [0.717, 1.165) is 49.6 Å². The smallest absolute Gasteiger partial charge is 0.475 e. The van der Waals surface area contributed by atoms with Crippen molar-refractivity contribution in [3.8, 4) is 0 Å². The van der Waals surface area contributed by atoms with Crippen LogP contribution in [0.15, 0.2) is 35.0 Å². The van der Waals surface area contributed by atoms with Gasteiger partial charge in [-0.05, 0) is 56.0 Å². The summed E-state index contributed by atoms with van der Waals surface area (Å²) in [7, 11) is 0. The molecule has 0 spiro atoms. The van der Waals surface area contributed by atoms with Crippen LogP contribution in [0, 0.1) is 13.8 Å². The normalized spacial score (nSPS) is 23.3. The fraction of sp³-hybridized carbons (Fsp3) is 0.545. The number of carboxylic acids is 1. The van der Waals surface area contributed by atoms with Crippen molar-refractivity contribution in [1.29, 1.82) is 0 Å². The van der Waals surface area contributed by atoms with Crippen LogP contribution in [0.2, 0.25) is 0 Å². The van der Waals surface area contributed by atoms with E-state index in [-0.39, 0.29) is 12.2 Å². The van der Waals surface area contributed by atoms with Gasteiger partial charge in [0.1, 0.15) is 11.5 Å². The Balaban J connectivity index is 0.000000360. The Kier molecular flexibility index (Phi) is 7.91. The molecule has 2 aromatic rings. The molecule has 2 aliphatic rings. The standard InChI is InChI=1S/C20H26N2O3.C2HF3O2/c1-14-11-17(25-15(14)2)12-22-9-10-23-20-18(22)3-4-19(20)24-13-16-5-7-21-8-6-16;3-2(4,5)1(6)7/h5-8,11,18-20H,3-4,9-10,12-13H2,1-2H3;(H,6,7)/t18-,19-,20-;/m0./s1. The Labute approximate surface area is 184 Å². The molecule has 0 bridgehead atoms. The highest BCUT2D eigenvalue weighted by atomic mass is 19.4. The number of aromatic nitrogens is 1. The number of hydrogen-bond donors (Lipinski definition) is 1. The predicted molar refractivity (Wildman–Crippen MR) is 108 cm³/mol. The molecule has 10 heteroatoms. The van der Waals surface area contributed by atoms with Crippen molar-refractivity contribution in [3.05, 3.63) is 53.2 Å². The van der Waals surface area contributed by atoms with Crippen LogP contribution >= 0.6 is 0 Å². The summed E-state index contributed by atoms with van der Waals surface area (Å²) in [4.78, 5) is 15.5. The number of alkyl halides is 3. The Morgan fingerprint density at radius 3 is 2.56 bits per heavy atom. The van der Waals surface area contributed by atoms with Gasteiger partial charge in [0.05, 0.1) is 32.0 Å². The topological polar surface area (TPSA) is 85.0 Å². The third-order valence-corrected chi connectivity index (χ3v) is 5.68. The SMILES string of the molecule is Cc1cc(CN2CCO[C@@H]3[C@@H](OCc4ccncc4)CC[C@@H]32)oc1C.O=C(O)C(F)(F)F.